The predicted octanol–water partition coefficient (Wildman–Crippen LogP) is 5.47. The van der Waals surface area contributed by atoms with Gasteiger partial charge >= 0.3 is 0 Å². The summed E-state index contributed by atoms with van der Waals surface area (Å²) in [6.07, 6.45) is 13.1. The minimum Gasteiger partial charge on any atom is -0.141 e. The zero-order valence-electron chi connectivity index (χ0n) is 10.4. The molecule has 0 saturated carbocycles. The van der Waals surface area contributed by atoms with Crippen LogP contribution in [0.15, 0.2) is 0 Å². The highest BCUT2D eigenvalue weighted by Gasteiger charge is 2.10. The molecule has 0 radical (unpaired) electrons. The minimum atomic E-state index is -1.25. The Morgan fingerprint density at radius 1 is 0.800 bits per heavy atom. The normalized spacial score (nSPS) is 11.9. The van der Waals surface area contributed by atoms with E-state index in [1.807, 2.05) is 0 Å². The van der Waals surface area contributed by atoms with Gasteiger partial charge in [0.15, 0.2) is 0 Å². The first-order valence-corrected chi connectivity index (χ1v) is 10.8. The van der Waals surface area contributed by atoms with Crippen LogP contribution in [0, 0.1) is 0 Å². The van der Waals surface area contributed by atoms with E-state index in [0.717, 1.165) is 0 Å². The fourth-order valence-corrected chi connectivity index (χ4v) is 4.97. The van der Waals surface area contributed by atoms with Gasteiger partial charge < -0.3 is 0 Å². The molecular formula is C12H27PS2. The summed E-state index contributed by atoms with van der Waals surface area (Å²) >= 11 is 10.3. The second kappa shape index (κ2) is 10.2. The largest absolute Gasteiger partial charge is 0.141 e. The van der Waals surface area contributed by atoms with Crippen molar-refractivity contribution in [3.05, 3.63) is 0 Å². The van der Waals surface area contributed by atoms with E-state index in [9.17, 15) is 0 Å². The Morgan fingerprint density at radius 3 is 1.53 bits per heavy atom. The maximum absolute atomic E-state index is 5.62. The average Bonchev–Trinajstić information content (AvgIpc) is 2.20. The quantitative estimate of drug-likeness (QED) is 0.311. The molecule has 15 heavy (non-hydrogen) atoms. The molecule has 0 amide bonds. The molecule has 0 aliphatic rings. The van der Waals surface area contributed by atoms with Crippen molar-refractivity contribution in [2.75, 3.05) is 12.3 Å². The molecule has 0 rings (SSSR count). The van der Waals surface area contributed by atoms with Crippen LogP contribution in [-0.4, -0.2) is 12.3 Å². The predicted molar refractivity (Wildman–Crippen MR) is 81.3 cm³/mol. The number of hydrogen-bond acceptors (Lipinski definition) is 1. The van der Waals surface area contributed by atoms with Crippen molar-refractivity contribution in [2.45, 2.75) is 65.2 Å². The Balaban J connectivity index is 3.45. The topological polar surface area (TPSA) is 0 Å². The third kappa shape index (κ3) is 11.3. The lowest BCUT2D eigenvalue weighted by atomic mass is 10.2. The standard InChI is InChI=1S/C12H27PS2/c1-3-5-7-9-11-13(14,15)12-10-8-6-4-2/h3-12H2,1-2H3,(H,14,15). The van der Waals surface area contributed by atoms with Crippen molar-refractivity contribution in [1.29, 1.82) is 0 Å². The molecule has 0 atom stereocenters. The molecule has 0 spiro atoms. The summed E-state index contributed by atoms with van der Waals surface area (Å²) in [6.45, 7) is 4.50. The van der Waals surface area contributed by atoms with Crippen LogP contribution in [0.5, 0.6) is 0 Å². The lowest BCUT2D eigenvalue weighted by molar-refractivity contribution is 0.697. The van der Waals surface area contributed by atoms with Gasteiger partial charge in [0, 0.05) is 5.24 Å². The lowest BCUT2D eigenvalue weighted by Gasteiger charge is -2.15. The van der Waals surface area contributed by atoms with Crippen molar-refractivity contribution in [3.8, 4) is 0 Å². The third-order valence-corrected chi connectivity index (χ3v) is 7.05. The maximum Gasteiger partial charge on any atom is 0.00343 e. The first-order valence-electron chi connectivity index (χ1n) is 6.43. The molecule has 0 N–H and O–H groups in total. The van der Waals surface area contributed by atoms with Gasteiger partial charge in [0.1, 0.15) is 0 Å². The molecule has 92 valence electrons. The van der Waals surface area contributed by atoms with E-state index in [1.54, 1.807) is 0 Å². The fraction of sp³-hybridized carbons (Fsp3) is 1.00. The highest BCUT2D eigenvalue weighted by molar-refractivity contribution is 8.63. The Hall–Kier alpha value is 1.00. The van der Waals surface area contributed by atoms with E-state index in [-0.39, 0.29) is 0 Å². The molecule has 0 aliphatic heterocycles. The molecule has 0 aromatic heterocycles. The second-order valence-electron chi connectivity index (χ2n) is 4.41. The summed E-state index contributed by atoms with van der Waals surface area (Å²) < 4.78 is 0. The molecule has 0 unspecified atom stereocenters. The van der Waals surface area contributed by atoms with Crippen LogP contribution in [-0.2, 0) is 11.8 Å². The van der Waals surface area contributed by atoms with Crippen molar-refractivity contribution < 1.29 is 0 Å². The number of rotatable bonds is 10. The van der Waals surface area contributed by atoms with E-state index in [0.29, 0.717) is 0 Å². The van der Waals surface area contributed by atoms with Gasteiger partial charge in [-0.1, -0.05) is 64.2 Å². The minimum absolute atomic E-state index is 1.22. The molecule has 0 fully saturated rings. The Morgan fingerprint density at radius 2 is 1.20 bits per heavy atom. The van der Waals surface area contributed by atoms with E-state index in [2.05, 4.69) is 13.8 Å². The van der Waals surface area contributed by atoms with Gasteiger partial charge in [0.25, 0.3) is 0 Å². The fourth-order valence-electron chi connectivity index (χ4n) is 1.68. The third-order valence-electron chi connectivity index (χ3n) is 2.72. The summed E-state index contributed by atoms with van der Waals surface area (Å²) in [5, 5.41) is -1.25. The summed E-state index contributed by atoms with van der Waals surface area (Å²) in [4.78, 5) is 0. The van der Waals surface area contributed by atoms with E-state index in [1.165, 1.54) is 63.7 Å². The highest BCUT2D eigenvalue weighted by Crippen LogP contribution is 2.52. The molecule has 0 saturated heterocycles. The van der Waals surface area contributed by atoms with Crippen LogP contribution in [0.4, 0.5) is 0 Å². The second-order valence-corrected chi connectivity index (χ2v) is 12.2. The molecule has 0 bridgehead atoms. The Kier molecular flexibility index (Phi) is 10.9. The summed E-state index contributed by atoms with van der Waals surface area (Å²) in [5.41, 5.74) is 0. The molecule has 0 aromatic rings. The van der Waals surface area contributed by atoms with E-state index in [4.69, 9.17) is 24.1 Å². The number of hydrogen-bond donors (Lipinski definition) is 1. The Bertz CT molecular complexity index is 164. The molecular weight excluding hydrogens is 239 g/mol. The summed E-state index contributed by atoms with van der Waals surface area (Å²) in [7, 11) is 0. The van der Waals surface area contributed by atoms with Crippen LogP contribution in [0.25, 0.3) is 0 Å². The SMILES string of the molecule is CCCCCCP(=S)(S)CCCCCC. The van der Waals surface area contributed by atoms with Gasteiger partial charge in [-0.05, 0) is 25.2 Å². The van der Waals surface area contributed by atoms with Crippen LogP contribution in [0.2, 0.25) is 0 Å². The smallest absolute Gasteiger partial charge is 0.00343 e. The van der Waals surface area contributed by atoms with Crippen LogP contribution < -0.4 is 0 Å². The van der Waals surface area contributed by atoms with Crippen molar-refractivity contribution >= 4 is 29.3 Å². The van der Waals surface area contributed by atoms with Gasteiger partial charge in [-0.25, -0.2) is 0 Å². The van der Waals surface area contributed by atoms with Crippen molar-refractivity contribution in [2.24, 2.45) is 0 Å². The summed E-state index contributed by atoms with van der Waals surface area (Å²) in [5.74, 6) is 0. The molecule has 0 nitrogen and oxygen atoms in total. The van der Waals surface area contributed by atoms with Gasteiger partial charge in [0.2, 0.25) is 0 Å². The highest BCUT2D eigenvalue weighted by atomic mass is 32.9. The molecule has 0 aromatic carbocycles. The zero-order valence-corrected chi connectivity index (χ0v) is 13.0. The van der Waals surface area contributed by atoms with Gasteiger partial charge in [-0.15, -0.1) is 12.2 Å². The van der Waals surface area contributed by atoms with Gasteiger partial charge in [-0.2, -0.15) is 0 Å². The number of unbranched alkanes of at least 4 members (excludes halogenated alkanes) is 6. The van der Waals surface area contributed by atoms with Crippen molar-refractivity contribution in [1.82, 2.24) is 0 Å². The summed E-state index contributed by atoms with van der Waals surface area (Å²) in [6, 6.07) is 0. The zero-order chi connectivity index (χ0) is 11.6. The van der Waals surface area contributed by atoms with Crippen molar-refractivity contribution in [3.63, 3.8) is 0 Å². The molecule has 3 heteroatoms. The monoisotopic (exact) mass is 266 g/mol. The lowest BCUT2D eigenvalue weighted by Crippen LogP contribution is -1.91. The maximum atomic E-state index is 5.62. The van der Waals surface area contributed by atoms with Gasteiger partial charge in [-0.3, -0.25) is 0 Å². The molecule has 0 heterocycles. The van der Waals surface area contributed by atoms with Crippen LogP contribution >= 0.6 is 17.5 Å². The van der Waals surface area contributed by atoms with Crippen LogP contribution in [0.1, 0.15) is 65.2 Å². The Labute approximate surface area is 107 Å². The molecule has 0 aliphatic carbocycles. The first kappa shape index (κ1) is 16.0. The van der Waals surface area contributed by atoms with E-state index >= 15 is 0 Å². The number of thiol groups is 1. The van der Waals surface area contributed by atoms with Gasteiger partial charge in [0.05, 0.1) is 0 Å². The average molecular weight is 266 g/mol. The first-order chi connectivity index (χ1) is 7.12. The van der Waals surface area contributed by atoms with E-state index < -0.39 is 5.24 Å². The van der Waals surface area contributed by atoms with Crippen LogP contribution in [0.3, 0.4) is 0 Å².